The molecule has 1 aliphatic rings. The average molecular weight is 586 g/mol. The first-order valence-corrected chi connectivity index (χ1v) is 11.2. The van der Waals surface area contributed by atoms with Crippen molar-refractivity contribution in [2.45, 2.75) is 37.3 Å². The summed E-state index contributed by atoms with van der Waals surface area (Å²) < 4.78 is 51.3. The standard InChI is InChI=1S/C21H26F3IN2O6/c1-32-9-6-18(29)27(12-21(22,23)24)15-10-13(20(31)26-7-8-28)11-17(19(15)30)33-16-5-3-2-4-14(16)25/h2-5,11,15,17,19,28,30H,6-10,12H2,1H3,(H,26,31). The fraction of sp³-hybridized carbons (Fsp3) is 0.524. The first-order valence-electron chi connectivity index (χ1n) is 10.1. The minimum absolute atomic E-state index is 0.0430. The quantitative estimate of drug-likeness (QED) is 0.360. The Balaban J connectivity index is 2.41. The topological polar surface area (TPSA) is 108 Å². The Bertz CT molecular complexity index is 852. The maximum absolute atomic E-state index is 13.3. The molecular formula is C21H26F3IN2O6. The number of alkyl halides is 3. The molecule has 8 nitrogen and oxygen atoms in total. The molecule has 1 aromatic rings. The Labute approximate surface area is 202 Å². The van der Waals surface area contributed by atoms with Crippen molar-refractivity contribution >= 4 is 34.4 Å². The van der Waals surface area contributed by atoms with Crippen LogP contribution in [0.5, 0.6) is 5.75 Å². The largest absolute Gasteiger partial charge is 0.482 e. The van der Waals surface area contributed by atoms with Gasteiger partial charge in [0.25, 0.3) is 0 Å². The number of para-hydroxylation sites is 1. The van der Waals surface area contributed by atoms with E-state index in [1.165, 1.54) is 13.2 Å². The monoisotopic (exact) mass is 586 g/mol. The van der Waals surface area contributed by atoms with Crippen LogP contribution in [0.25, 0.3) is 0 Å². The van der Waals surface area contributed by atoms with Crippen LogP contribution >= 0.6 is 22.6 Å². The van der Waals surface area contributed by atoms with Crippen LogP contribution in [0.4, 0.5) is 13.2 Å². The molecule has 3 N–H and O–H groups in total. The third-order valence-electron chi connectivity index (χ3n) is 4.90. The van der Waals surface area contributed by atoms with E-state index in [0.717, 1.165) is 0 Å². The molecule has 33 heavy (non-hydrogen) atoms. The second-order valence-electron chi connectivity index (χ2n) is 7.33. The summed E-state index contributed by atoms with van der Waals surface area (Å²) in [6.07, 6.45) is -6.77. The van der Waals surface area contributed by atoms with Crippen molar-refractivity contribution in [3.63, 3.8) is 0 Å². The van der Waals surface area contributed by atoms with E-state index in [0.29, 0.717) is 14.2 Å². The van der Waals surface area contributed by atoms with Gasteiger partial charge in [-0.2, -0.15) is 13.2 Å². The lowest BCUT2D eigenvalue weighted by molar-refractivity contribution is -0.173. The number of carbonyl (C=O) groups excluding carboxylic acids is 2. The number of methoxy groups -OCH3 is 1. The molecule has 0 fully saturated rings. The number of nitrogens with one attached hydrogen (secondary N) is 1. The second kappa shape index (κ2) is 12.5. The fourth-order valence-corrected chi connectivity index (χ4v) is 3.90. The fourth-order valence-electron chi connectivity index (χ4n) is 3.38. The summed E-state index contributed by atoms with van der Waals surface area (Å²) in [6.45, 7) is -2.09. The highest BCUT2D eigenvalue weighted by atomic mass is 127. The lowest BCUT2D eigenvalue weighted by atomic mass is 9.88. The number of amides is 2. The molecule has 0 saturated carbocycles. The zero-order valence-electron chi connectivity index (χ0n) is 17.8. The van der Waals surface area contributed by atoms with Gasteiger partial charge in [0.1, 0.15) is 24.5 Å². The summed E-state index contributed by atoms with van der Waals surface area (Å²) in [5.74, 6) is -1.14. The highest BCUT2D eigenvalue weighted by Crippen LogP contribution is 2.31. The Morgan fingerprint density at radius 3 is 2.61 bits per heavy atom. The van der Waals surface area contributed by atoms with Crippen LogP contribution in [0, 0.1) is 3.57 Å². The minimum atomic E-state index is -4.73. The van der Waals surface area contributed by atoms with Gasteiger partial charge in [-0.1, -0.05) is 12.1 Å². The normalized spacial score (nSPS) is 20.7. The lowest BCUT2D eigenvalue weighted by Crippen LogP contribution is -2.57. The number of aliphatic hydroxyl groups excluding tert-OH is 2. The van der Waals surface area contributed by atoms with E-state index < -0.39 is 42.8 Å². The molecule has 0 heterocycles. The van der Waals surface area contributed by atoms with Gasteiger partial charge in [-0.05, 0) is 40.8 Å². The summed E-state index contributed by atoms with van der Waals surface area (Å²) in [5, 5.41) is 22.4. The number of hydrogen-bond donors (Lipinski definition) is 3. The Morgan fingerprint density at radius 2 is 2.00 bits per heavy atom. The van der Waals surface area contributed by atoms with E-state index in [2.05, 4.69) is 5.32 Å². The smallest absolute Gasteiger partial charge is 0.406 e. The minimum Gasteiger partial charge on any atom is -0.482 e. The van der Waals surface area contributed by atoms with Gasteiger partial charge < -0.3 is 29.9 Å². The third kappa shape index (κ3) is 8.12. The van der Waals surface area contributed by atoms with Crippen LogP contribution in [0.2, 0.25) is 0 Å². The predicted octanol–water partition coefficient (Wildman–Crippen LogP) is 1.63. The molecule has 0 saturated heterocycles. The van der Waals surface area contributed by atoms with Crippen LogP contribution in [-0.2, 0) is 14.3 Å². The molecule has 0 aliphatic heterocycles. The van der Waals surface area contributed by atoms with Gasteiger partial charge in [0.05, 0.1) is 29.2 Å². The van der Waals surface area contributed by atoms with Gasteiger partial charge in [-0.15, -0.1) is 0 Å². The molecular weight excluding hydrogens is 560 g/mol. The number of benzene rings is 1. The van der Waals surface area contributed by atoms with Crippen LogP contribution in [-0.4, -0.2) is 84.8 Å². The molecule has 0 aromatic heterocycles. The number of rotatable bonds is 10. The first kappa shape index (κ1) is 27.3. The first-order chi connectivity index (χ1) is 15.6. The van der Waals surface area contributed by atoms with Gasteiger partial charge >= 0.3 is 6.18 Å². The van der Waals surface area contributed by atoms with E-state index >= 15 is 0 Å². The maximum Gasteiger partial charge on any atom is 0.406 e. The SMILES string of the molecule is COCCC(=O)N(CC(F)(F)F)C1CC(C(=O)NCCO)=CC(Oc2ccccc2I)C1O. The lowest BCUT2D eigenvalue weighted by Gasteiger charge is -2.40. The van der Waals surface area contributed by atoms with E-state index in [1.807, 2.05) is 22.6 Å². The summed E-state index contributed by atoms with van der Waals surface area (Å²) in [4.78, 5) is 25.7. The van der Waals surface area contributed by atoms with Crippen molar-refractivity contribution in [2.75, 3.05) is 33.4 Å². The summed E-state index contributed by atoms with van der Waals surface area (Å²) >= 11 is 2.00. The molecule has 184 valence electrons. The molecule has 0 spiro atoms. The van der Waals surface area contributed by atoms with Gasteiger partial charge in [-0.25, -0.2) is 0 Å². The number of nitrogens with zero attached hydrogens (tertiary/aromatic N) is 1. The molecule has 0 bridgehead atoms. The Kier molecular flexibility index (Phi) is 10.4. The number of hydrogen-bond acceptors (Lipinski definition) is 6. The number of aliphatic hydroxyl groups is 2. The number of ether oxygens (including phenoxy) is 2. The van der Waals surface area contributed by atoms with Gasteiger partial charge in [-0.3, -0.25) is 9.59 Å². The molecule has 3 atom stereocenters. The molecule has 2 amide bonds. The molecule has 3 unspecified atom stereocenters. The van der Waals surface area contributed by atoms with E-state index in [4.69, 9.17) is 14.6 Å². The van der Waals surface area contributed by atoms with E-state index in [1.54, 1.807) is 24.3 Å². The van der Waals surface area contributed by atoms with Gasteiger partial charge in [0, 0.05) is 25.6 Å². The highest BCUT2D eigenvalue weighted by Gasteiger charge is 2.44. The van der Waals surface area contributed by atoms with Crippen LogP contribution in [0.3, 0.4) is 0 Å². The Hall–Kier alpha value is -1.90. The third-order valence-corrected chi connectivity index (χ3v) is 5.80. The van der Waals surface area contributed by atoms with Crippen molar-refractivity contribution < 1.29 is 42.4 Å². The summed E-state index contributed by atoms with van der Waals surface area (Å²) in [6, 6.07) is 5.44. The summed E-state index contributed by atoms with van der Waals surface area (Å²) in [7, 11) is 1.31. The van der Waals surface area contributed by atoms with Crippen LogP contribution < -0.4 is 10.1 Å². The Morgan fingerprint density at radius 1 is 1.30 bits per heavy atom. The number of carbonyl (C=O) groups is 2. The van der Waals surface area contributed by atoms with Crippen molar-refractivity contribution in [1.82, 2.24) is 10.2 Å². The van der Waals surface area contributed by atoms with Crippen LogP contribution in [0.1, 0.15) is 12.8 Å². The van der Waals surface area contributed by atoms with Gasteiger partial charge in [0.15, 0.2) is 0 Å². The number of halogens is 4. The second-order valence-corrected chi connectivity index (χ2v) is 8.49. The zero-order valence-corrected chi connectivity index (χ0v) is 20.0. The average Bonchev–Trinajstić information content (AvgIpc) is 2.76. The maximum atomic E-state index is 13.3. The van der Waals surface area contributed by atoms with Crippen molar-refractivity contribution in [3.8, 4) is 5.75 Å². The molecule has 12 heteroatoms. The van der Waals surface area contributed by atoms with Crippen molar-refractivity contribution in [2.24, 2.45) is 0 Å². The highest BCUT2D eigenvalue weighted by molar-refractivity contribution is 14.1. The van der Waals surface area contributed by atoms with E-state index in [9.17, 15) is 27.9 Å². The molecule has 0 radical (unpaired) electrons. The predicted molar refractivity (Wildman–Crippen MR) is 120 cm³/mol. The van der Waals surface area contributed by atoms with E-state index in [-0.39, 0.29) is 38.2 Å². The summed E-state index contributed by atoms with van der Waals surface area (Å²) in [5.41, 5.74) is 0.0430. The molecule has 2 rings (SSSR count). The van der Waals surface area contributed by atoms with Crippen molar-refractivity contribution in [1.29, 1.82) is 0 Å². The van der Waals surface area contributed by atoms with Crippen LogP contribution in [0.15, 0.2) is 35.9 Å². The molecule has 1 aromatic carbocycles. The zero-order chi connectivity index (χ0) is 24.6. The molecule has 1 aliphatic carbocycles. The van der Waals surface area contributed by atoms with Crippen molar-refractivity contribution in [3.05, 3.63) is 39.5 Å². The van der Waals surface area contributed by atoms with Gasteiger partial charge in [0.2, 0.25) is 11.8 Å².